The summed E-state index contributed by atoms with van der Waals surface area (Å²) in [6.45, 7) is 0.383. The topological polar surface area (TPSA) is 82.7 Å². The van der Waals surface area contributed by atoms with Crippen molar-refractivity contribution < 1.29 is 4.79 Å². The SMILES string of the molecule is O=C(NCc1ccccn1)Nc1cccc(-c2cn[nH]c2)c1. The molecular weight excluding hydrogens is 278 g/mol. The maximum absolute atomic E-state index is 11.9. The van der Waals surface area contributed by atoms with Crippen LogP contribution in [-0.4, -0.2) is 21.2 Å². The van der Waals surface area contributed by atoms with Crippen LogP contribution in [0.2, 0.25) is 0 Å². The first kappa shape index (κ1) is 13.8. The number of rotatable bonds is 4. The average molecular weight is 293 g/mol. The first-order valence-electron chi connectivity index (χ1n) is 6.85. The number of amides is 2. The van der Waals surface area contributed by atoms with Gasteiger partial charge in [0.25, 0.3) is 0 Å². The van der Waals surface area contributed by atoms with E-state index < -0.39 is 0 Å². The molecule has 3 aromatic rings. The molecule has 6 heteroatoms. The minimum atomic E-state index is -0.269. The maximum atomic E-state index is 11.9. The van der Waals surface area contributed by atoms with Crippen molar-refractivity contribution >= 4 is 11.7 Å². The molecule has 0 aliphatic heterocycles. The molecule has 110 valence electrons. The minimum absolute atomic E-state index is 0.269. The van der Waals surface area contributed by atoms with Crippen molar-refractivity contribution in [1.29, 1.82) is 0 Å². The number of nitrogens with zero attached hydrogens (tertiary/aromatic N) is 2. The fourth-order valence-corrected chi connectivity index (χ4v) is 2.03. The van der Waals surface area contributed by atoms with Gasteiger partial charge in [-0.2, -0.15) is 5.10 Å². The maximum Gasteiger partial charge on any atom is 0.319 e. The van der Waals surface area contributed by atoms with Gasteiger partial charge in [-0.25, -0.2) is 4.79 Å². The monoisotopic (exact) mass is 293 g/mol. The van der Waals surface area contributed by atoms with E-state index in [0.717, 1.165) is 22.5 Å². The van der Waals surface area contributed by atoms with Crippen LogP contribution in [0.3, 0.4) is 0 Å². The van der Waals surface area contributed by atoms with Gasteiger partial charge in [-0.3, -0.25) is 10.1 Å². The lowest BCUT2D eigenvalue weighted by molar-refractivity contribution is 0.251. The van der Waals surface area contributed by atoms with Gasteiger partial charge >= 0.3 is 6.03 Å². The summed E-state index contributed by atoms with van der Waals surface area (Å²) in [6, 6.07) is 12.9. The molecule has 6 nitrogen and oxygen atoms in total. The van der Waals surface area contributed by atoms with Crippen molar-refractivity contribution in [3.05, 3.63) is 66.7 Å². The molecule has 0 saturated carbocycles. The molecule has 0 fully saturated rings. The highest BCUT2D eigenvalue weighted by Crippen LogP contribution is 2.21. The number of anilines is 1. The van der Waals surface area contributed by atoms with Crippen LogP contribution in [0.25, 0.3) is 11.1 Å². The summed E-state index contributed by atoms with van der Waals surface area (Å²) in [5.74, 6) is 0. The highest BCUT2D eigenvalue weighted by molar-refractivity contribution is 5.90. The third-order valence-electron chi connectivity index (χ3n) is 3.11. The Labute approximate surface area is 127 Å². The second-order valence-corrected chi connectivity index (χ2v) is 4.70. The van der Waals surface area contributed by atoms with E-state index in [0.29, 0.717) is 6.54 Å². The van der Waals surface area contributed by atoms with Gasteiger partial charge in [0.15, 0.2) is 0 Å². The Morgan fingerprint density at radius 1 is 1.14 bits per heavy atom. The van der Waals surface area contributed by atoms with Gasteiger partial charge in [-0.05, 0) is 29.8 Å². The number of benzene rings is 1. The molecule has 2 amide bonds. The Hall–Kier alpha value is -3.15. The molecule has 3 N–H and O–H groups in total. The third-order valence-corrected chi connectivity index (χ3v) is 3.11. The van der Waals surface area contributed by atoms with E-state index in [1.807, 2.05) is 42.5 Å². The lowest BCUT2D eigenvalue weighted by Gasteiger charge is -2.08. The number of carbonyl (C=O) groups is 1. The second kappa shape index (κ2) is 6.53. The van der Waals surface area contributed by atoms with Gasteiger partial charge in [0.2, 0.25) is 0 Å². The van der Waals surface area contributed by atoms with Crippen LogP contribution in [0.5, 0.6) is 0 Å². The summed E-state index contributed by atoms with van der Waals surface area (Å²) < 4.78 is 0. The lowest BCUT2D eigenvalue weighted by Crippen LogP contribution is -2.28. The van der Waals surface area contributed by atoms with Gasteiger partial charge in [0.1, 0.15) is 0 Å². The van der Waals surface area contributed by atoms with Crippen molar-refractivity contribution in [2.24, 2.45) is 0 Å². The molecule has 0 spiro atoms. The van der Waals surface area contributed by atoms with Crippen molar-refractivity contribution in [3.63, 3.8) is 0 Å². The molecule has 2 heterocycles. The minimum Gasteiger partial charge on any atom is -0.332 e. The second-order valence-electron chi connectivity index (χ2n) is 4.70. The number of nitrogens with one attached hydrogen (secondary N) is 3. The first-order valence-corrected chi connectivity index (χ1v) is 6.85. The standard InChI is InChI=1S/C16H15N5O/c22-16(18-11-15-5-1-2-7-17-15)21-14-6-3-4-12(8-14)13-9-19-20-10-13/h1-10H,11H2,(H,19,20)(H2,18,21,22). The highest BCUT2D eigenvalue weighted by Gasteiger charge is 2.04. The molecule has 0 saturated heterocycles. The number of pyridine rings is 1. The van der Waals surface area contributed by atoms with Crippen molar-refractivity contribution in [1.82, 2.24) is 20.5 Å². The summed E-state index contributed by atoms with van der Waals surface area (Å²) in [5.41, 5.74) is 3.48. The van der Waals surface area contributed by atoms with Crippen LogP contribution in [0.15, 0.2) is 61.1 Å². The Kier molecular flexibility index (Phi) is 4.10. The summed E-state index contributed by atoms with van der Waals surface area (Å²) in [7, 11) is 0. The number of aromatic amines is 1. The zero-order valence-electron chi connectivity index (χ0n) is 11.8. The van der Waals surface area contributed by atoms with Crippen molar-refractivity contribution in [2.75, 3.05) is 5.32 Å². The smallest absolute Gasteiger partial charge is 0.319 e. The average Bonchev–Trinajstić information content (AvgIpc) is 3.09. The summed E-state index contributed by atoms with van der Waals surface area (Å²) in [5, 5.41) is 12.3. The molecule has 0 aliphatic rings. The van der Waals surface area contributed by atoms with Crippen LogP contribution in [-0.2, 0) is 6.54 Å². The molecule has 22 heavy (non-hydrogen) atoms. The summed E-state index contributed by atoms with van der Waals surface area (Å²) >= 11 is 0. The Morgan fingerprint density at radius 2 is 2.09 bits per heavy atom. The van der Waals surface area contributed by atoms with Crippen LogP contribution < -0.4 is 10.6 Å². The third kappa shape index (κ3) is 3.49. The van der Waals surface area contributed by atoms with E-state index in [1.165, 1.54) is 0 Å². The van der Waals surface area contributed by atoms with E-state index >= 15 is 0 Å². The summed E-state index contributed by atoms with van der Waals surface area (Å²) in [6.07, 6.45) is 5.24. The van der Waals surface area contributed by atoms with Crippen LogP contribution in [0.1, 0.15) is 5.69 Å². The van der Waals surface area contributed by atoms with Crippen molar-refractivity contribution in [3.8, 4) is 11.1 Å². The Morgan fingerprint density at radius 3 is 2.86 bits per heavy atom. The van der Waals surface area contributed by atoms with E-state index in [2.05, 4.69) is 25.8 Å². The molecule has 0 aliphatic carbocycles. The van der Waals surface area contributed by atoms with Crippen molar-refractivity contribution in [2.45, 2.75) is 6.54 Å². The van der Waals surface area contributed by atoms with E-state index in [4.69, 9.17) is 0 Å². The first-order chi connectivity index (χ1) is 10.8. The molecule has 0 bridgehead atoms. The molecule has 0 radical (unpaired) electrons. The highest BCUT2D eigenvalue weighted by atomic mass is 16.2. The number of hydrogen-bond acceptors (Lipinski definition) is 3. The van der Waals surface area contributed by atoms with E-state index in [9.17, 15) is 4.79 Å². The number of carbonyl (C=O) groups excluding carboxylic acids is 1. The zero-order valence-corrected chi connectivity index (χ0v) is 11.8. The summed E-state index contributed by atoms with van der Waals surface area (Å²) in [4.78, 5) is 16.1. The fraction of sp³-hybridized carbons (Fsp3) is 0.0625. The quantitative estimate of drug-likeness (QED) is 0.691. The van der Waals surface area contributed by atoms with E-state index in [-0.39, 0.29) is 6.03 Å². The van der Waals surface area contributed by atoms with Gasteiger partial charge in [0, 0.05) is 23.6 Å². The van der Waals surface area contributed by atoms with Gasteiger partial charge < -0.3 is 10.6 Å². The van der Waals surface area contributed by atoms with Crippen LogP contribution in [0.4, 0.5) is 10.5 Å². The van der Waals surface area contributed by atoms with Crippen LogP contribution in [0, 0.1) is 0 Å². The zero-order chi connectivity index (χ0) is 15.2. The lowest BCUT2D eigenvalue weighted by atomic mass is 10.1. The largest absolute Gasteiger partial charge is 0.332 e. The number of urea groups is 1. The molecule has 0 unspecified atom stereocenters. The molecule has 3 rings (SSSR count). The predicted molar refractivity (Wildman–Crippen MR) is 84.1 cm³/mol. The molecular formula is C16H15N5O. The number of aromatic nitrogens is 3. The van der Waals surface area contributed by atoms with Gasteiger partial charge in [-0.1, -0.05) is 18.2 Å². The van der Waals surface area contributed by atoms with Crippen LogP contribution >= 0.6 is 0 Å². The number of hydrogen-bond donors (Lipinski definition) is 3. The van der Waals surface area contributed by atoms with Gasteiger partial charge in [-0.15, -0.1) is 0 Å². The normalized spacial score (nSPS) is 10.2. The Balaban J connectivity index is 1.61. The molecule has 2 aromatic heterocycles. The number of H-pyrrole nitrogens is 1. The van der Waals surface area contributed by atoms with Gasteiger partial charge in [0.05, 0.1) is 18.4 Å². The fourth-order valence-electron chi connectivity index (χ4n) is 2.03. The molecule has 1 aromatic carbocycles. The predicted octanol–water partition coefficient (Wildman–Crippen LogP) is 2.79. The molecule has 0 atom stereocenters. The van der Waals surface area contributed by atoms with E-state index in [1.54, 1.807) is 18.6 Å². The Bertz CT molecular complexity index is 740.